The van der Waals surface area contributed by atoms with Gasteiger partial charge in [-0.15, -0.1) is 0 Å². The number of hydrogen-bond donors (Lipinski definition) is 1. The van der Waals surface area contributed by atoms with E-state index in [2.05, 4.69) is 53.1 Å². The molecule has 0 saturated heterocycles. The molecule has 2 nitrogen and oxygen atoms in total. The van der Waals surface area contributed by atoms with E-state index in [9.17, 15) is 4.79 Å². The van der Waals surface area contributed by atoms with Gasteiger partial charge in [0.05, 0.1) is 6.54 Å². The van der Waals surface area contributed by atoms with Gasteiger partial charge >= 0.3 is 0 Å². The maximum Gasteiger partial charge on any atom is 0.207 e. The first-order valence-electron chi connectivity index (χ1n) is 1.80. The van der Waals surface area contributed by atoms with Crippen molar-refractivity contribution in [3.63, 3.8) is 0 Å². The Bertz CT molecular complexity index is 79.1. The Morgan fingerprint density at radius 1 is 1.50 bits per heavy atom. The van der Waals surface area contributed by atoms with Crippen LogP contribution in [0.4, 0.5) is 0 Å². The summed E-state index contributed by atoms with van der Waals surface area (Å²) in [5, 5.41) is 2.47. The molecule has 0 aliphatic heterocycles. The van der Waals surface area contributed by atoms with Crippen LogP contribution in [0.2, 0.25) is 0 Å². The molecule has 48 valence electrons. The molecule has 8 heavy (non-hydrogen) atoms. The smallest absolute Gasteiger partial charge is 0.207 e. The van der Waals surface area contributed by atoms with Gasteiger partial charge in [-0.05, 0) is 0 Å². The predicted octanol–water partition coefficient (Wildman–Crippen LogP) is 1.57. The fourth-order valence-electron chi connectivity index (χ4n) is 0.157. The quantitative estimate of drug-likeness (QED) is 0.609. The SMILES string of the molecule is O=CNCC(Br)(Br)Br. The Morgan fingerprint density at radius 2 is 2.00 bits per heavy atom. The number of carbonyl (C=O) groups is 1. The lowest BCUT2D eigenvalue weighted by Gasteiger charge is -2.08. The summed E-state index contributed by atoms with van der Waals surface area (Å²) in [6, 6.07) is 0. The summed E-state index contributed by atoms with van der Waals surface area (Å²) in [5.74, 6) is 0. The number of alkyl halides is 3. The van der Waals surface area contributed by atoms with Gasteiger partial charge in [-0.25, -0.2) is 0 Å². The van der Waals surface area contributed by atoms with E-state index in [1.165, 1.54) is 0 Å². The molecule has 0 saturated carbocycles. The van der Waals surface area contributed by atoms with Crippen molar-refractivity contribution in [2.75, 3.05) is 6.54 Å². The van der Waals surface area contributed by atoms with Crippen LogP contribution in [0.15, 0.2) is 0 Å². The van der Waals surface area contributed by atoms with Gasteiger partial charge in [0.15, 0.2) is 2.14 Å². The molecule has 0 atom stereocenters. The molecule has 0 aliphatic rings. The molecule has 1 N–H and O–H groups in total. The van der Waals surface area contributed by atoms with E-state index in [0.29, 0.717) is 13.0 Å². The molecule has 0 aliphatic carbocycles. The van der Waals surface area contributed by atoms with E-state index in [0.717, 1.165) is 0 Å². The fourth-order valence-corrected chi connectivity index (χ4v) is 0.643. The van der Waals surface area contributed by atoms with Crippen LogP contribution < -0.4 is 5.32 Å². The molecule has 1 amide bonds. The average molecular weight is 310 g/mol. The van der Waals surface area contributed by atoms with Crippen molar-refractivity contribution in [1.82, 2.24) is 5.32 Å². The number of rotatable bonds is 2. The van der Waals surface area contributed by atoms with Crippen LogP contribution in [0, 0.1) is 0 Å². The normalized spacial score (nSPS) is 10.9. The molecule has 0 aromatic rings. The summed E-state index contributed by atoms with van der Waals surface area (Å²) in [4.78, 5) is 9.68. The summed E-state index contributed by atoms with van der Waals surface area (Å²) >= 11 is 9.57. The molecule has 0 bridgehead atoms. The monoisotopic (exact) mass is 307 g/mol. The lowest BCUT2D eigenvalue weighted by Crippen LogP contribution is -2.23. The summed E-state index contributed by atoms with van der Waals surface area (Å²) < 4.78 is -0.353. The summed E-state index contributed by atoms with van der Waals surface area (Å²) in [7, 11) is 0. The summed E-state index contributed by atoms with van der Waals surface area (Å²) in [6.07, 6.45) is 0.637. The van der Waals surface area contributed by atoms with E-state index in [1.54, 1.807) is 0 Å². The van der Waals surface area contributed by atoms with Gasteiger partial charge in [-0.3, -0.25) is 4.79 Å². The molecule has 0 spiro atoms. The molecule has 0 aromatic heterocycles. The Kier molecular flexibility index (Phi) is 4.28. The second-order valence-corrected chi connectivity index (χ2v) is 8.37. The number of hydrogen-bond acceptors (Lipinski definition) is 1. The lowest BCUT2D eigenvalue weighted by atomic mass is 10.8. The molecular formula is C3H4Br3NO. The zero-order chi connectivity index (χ0) is 6.62. The topological polar surface area (TPSA) is 29.1 Å². The van der Waals surface area contributed by atoms with Crippen molar-refractivity contribution in [1.29, 1.82) is 0 Å². The van der Waals surface area contributed by atoms with Gasteiger partial charge in [0, 0.05) is 0 Å². The number of carbonyl (C=O) groups excluding carboxylic acids is 1. The molecule has 0 fully saturated rings. The lowest BCUT2D eigenvalue weighted by molar-refractivity contribution is -0.109. The summed E-state index contributed by atoms with van der Waals surface area (Å²) in [5.41, 5.74) is 0. The first-order valence-corrected chi connectivity index (χ1v) is 4.18. The molecule has 5 heteroatoms. The molecule has 0 rings (SSSR count). The second-order valence-electron chi connectivity index (χ2n) is 1.11. The standard InChI is InChI=1S/C3H4Br3NO/c4-3(5,6)1-7-2-8/h2H,1H2,(H,7,8). The van der Waals surface area contributed by atoms with Crippen molar-refractivity contribution >= 4 is 54.2 Å². The van der Waals surface area contributed by atoms with Gasteiger partial charge in [-0.2, -0.15) is 0 Å². The highest BCUT2D eigenvalue weighted by Gasteiger charge is 2.15. The van der Waals surface area contributed by atoms with Crippen molar-refractivity contribution in [2.24, 2.45) is 0 Å². The van der Waals surface area contributed by atoms with Crippen LogP contribution in [-0.2, 0) is 4.79 Å². The third-order valence-corrected chi connectivity index (χ3v) is 1.23. The van der Waals surface area contributed by atoms with Crippen LogP contribution in [0.1, 0.15) is 0 Å². The minimum Gasteiger partial charge on any atom is -0.356 e. The van der Waals surface area contributed by atoms with Crippen LogP contribution in [0.25, 0.3) is 0 Å². The Labute approximate surface area is 72.8 Å². The maximum atomic E-state index is 9.68. The second kappa shape index (κ2) is 3.85. The van der Waals surface area contributed by atoms with E-state index < -0.39 is 0 Å². The molecule has 0 heterocycles. The third kappa shape index (κ3) is 6.91. The highest BCUT2D eigenvalue weighted by atomic mass is 80.0. The molecule has 0 aromatic carbocycles. The van der Waals surface area contributed by atoms with Gasteiger partial charge < -0.3 is 5.32 Å². The highest BCUT2D eigenvalue weighted by Crippen LogP contribution is 2.31. The Balaban J connectivity index is 3.24. The Hall–Kier alpha value is 0.910. The van der Waals surface area contributed by atoms with E-state index in [1.807, 2.05) is 0 Å². The van der Waals surface area contributed by atoms with Crippen LogP contribution in [-0.4, -0.2) is 15.1 Å². The first-order chi connectivity index (χ1) is 3.56. The highest BCUT2D eigenvalue weighted by molar-refractivity contribution is 9.39. The van der Waals surface area contributed by atoms with Crippen molar-refractivity contribution < 1.29 is 4.79 Å². The fraction of sp³-hybridized carbons (Fsp3) is 0.667. The van der Waals surface area contributed by atoms with E-state index in [-0.39, 0.29) is 2.14 Å². The van der Waals surface area contributed by atoms with Crippen molar-refractivity contribution in [2.45, 2.75) is 2.14 Å². The minimum absolute atomic E-state index is 0.353. The van der Waals surface area contributed by atoms with Crippen LogP contribution in [0.5, 0.6) is 0 Å². The van der Waals surface area contributed by atoms with Crippen molar-refractivity contribution in [3.05, 3.63) is 0 Å². The van der Waals surface area contributed by atoms with Gasteiger partial charge in [-0.1, -0.05) is 47.8 Å². The molecular weight excluding hydrogens is 306 g/mol. The largest absolute Gasteiger partial charge is 0.356 e. The van der Waals surface area contributed by atoms with E-state index in [4.69, 9.17) is 0 Å². The molecule has 0 unspecified atom stereocenters. The summed E-state index contributed by atoms with van der Waals surface area (Å²) in [6.45, 7) is 0.497. The predicted molar refractivity (Wildman–Crippen MR) is 43.6 cm³/mol. The van der Waals surface area contributed by atoms with Crippen LogP contribution in [0.3, 0.4) is 0 Å². The van der Waals surface area contributed by atoms with Crippen molar-refractivity contribution in [3.8, 4) is 0 Å². The zero-order valence-corrected chi connectivity index (χ0v) is 8.58. The molecule has 0 radical (unpaired) electrons. The minimum atomic E-state index is -0.353. The van der Waals surface area contributed by atoms with Gasteiger partial charge in [0.25, 0.3) is 0 Å². The Morgan fingerprint density at radius 3 is 2.12 bits per heavy atom. The number of amides is 1. The van der Waals surface area contributed by atoms with Gasteiger partial charge in [0.1, 0.15) is 0 Å². The number of nitrogens with one attached hydrogen (secondary N) is 1. The average Bonchev–Trinajstić information content (AvgIpc) is 1.59. The third-order valence-electron chi connectivity index (χ3n) is 0.386. The van der Waals surface area contributed by atoms with E-state index >= 15 is 0 Å². The van der Waals surface area contributed by atoms with Gasteiger partial charge in [0.2, 0.25) is 6.41 Å². The zero-order valence-electron chi connectivity index (χ0n) is 3.83. The number of halogens is 3. The van der Waals surface area contributed by atoms with Crippen LogP contribution >= 0.6 is 47.8 Å². The first kappa shape index (κ1) is 8.91. The maximum absolute atomic E-state index is 9.68.